The van der Waals surface area contributed by atoms with Crippen LogP contribution in [0.5, 0.6) is 11.6 Å². The van der Waals surface area contributed by atoms with Gasteiger partial charge in [-0.3, -0.25) is 0 Å². The Morgan fingerprint density at radius 3 is 2.41 bits per heavy atom. The van der Waals surface area contributed by atoms with Crippen molar-refractivity contribution in [2.45, 2.75) is 46.6 Å². The van der Waals surface area contributed by atoms with E-state index in [1.807, 2.05) is 33.0 Å². The van der Waals surface area contributed by atoms with Crippen molar-refractivity contribution < 1.29 is 32.3 Å². The van der Waals surface area contributed by atoms with E-state index in [9.17, 15) is 18.3 Å². The van der Waals surface area contributed by atoms with Gasteiger partial charge in [0.15, 0.2) is 5.69 Å². The topological polar surface area (TPSA) is 150 Å². The summed E-state index contributed by atoms with van der Waals surface area (Å²) in [5.41, 5.74) is 4.12. The van der Waals surface area contributed by atoms with Crippen LogP contribution in [0.4, 0.5) is 0 Å². The molecule has 12 nitrogen and oxygen atoms in total. The van der Waals surface area contributed by atoms with Gasteiger partial charge < -0.3 is 23.7 Å². The average Bonchev–Trinajstić information content (AvgIpc) is 3.47. The van der Waals surface area contributed by atoms with Gasteiger partial charge in [0.2, 0.25) is 15.9 Å². The van der Waals surface area contributed by atoms with Crippen LogP contribution in [0.25, 0.3) is 33.3 Å². The van der Waals surface area contributed by atoms with Gasteiger partial charge in [-0.1, -0.05) is 5.16 Å². The van der Waals surface area contributed by atoms with Crippen LogP contribution in [-0.4, -0.2) is 76.0 Å². The molecular formula is C28H33N5O7S. The van der Waals surface area contributed by atoms with Gasteiger partial charge in [0.1, 0.15) is 17.2 Å². The lowest BCUT2D eigenvalue weighted by Gasteiger charge is -2.31. The lowest BCUT2D eigenvalue weighted by molar-refractivity contribution is 0.0688. The van der Waals surface area contributed by atoms with E-state index in [2.05, 4.69) is 14.7 Å². The summed E-state index contributed by atoms with van der Waals surface area (Å²) in [6.07, 6.45) is 6.18. The van der Waals surface area contributed by atoms with E-state index in [0.29, 0.717) is 60.8 Å². The third-order valence-electron chi connectivity index (χ3n) is 7.30. The fourth-order valence-electron chi connectivity index (χ4n) is 5.46. The zero-order valence-corrected chi connectivity index (χ0v) is 24.5. The van der Waals surface area contributed by atoms with Gasteiger partial charge in [0.05, 0.1) is 30.7 Å². The van der Waals surface area contributed by atoms with E-state index < -0.39 is 16.0 Å². The number of carboxylic acid groups (broad SMARTS) is 1. The van der Waals surface area contributed by atoms with Crippen molar-refractivity contribution in [1.82, 2.24) is 24.0 Å². The summed E-state index contributed by atoms with van der Waals surface area (Å²) < 4.78 is 45.1. The molecule has 1 aliphatic heterocycles. The van der Waals surface area contributed by atoms with Gasteiger partial charge in [-0.25, -0.2) is 27.5 Å². The molecular weight excluding hydrogens is 550 g/mol. The minimum Gasteiger partial charge on any atom is -0.493 e. The van der Waals surface area contributed by atoms with Gasteiger partial charge in [0, 0.05) is 59.7 Å². The maximum atomic E-state index is 12.1. The number of carbonyl (C=O) groups is 1. The van der Waals surface area contributed by atoms with E-state index >= 15 is 0 Å². The summed E-state index contributed by atoms with van der Waals surface area (Å²) >= 11 is 0. The van der Waals surface area contributed by atoms with Crippen LogP contribution in [0, 0.1) is 13.8 Å². The van der Waals surface area contributed by atoms with Crippen molar-refractivity contribution in [3.8, 4) is 33.9 Å². The van der Waals surface area contributed by atoms with Crippen LogP contribution < -0.4 is 9.47 Å². The van der Waals surface area contributed by atoms with E-state index in [4.69, 9.17) is 19.0 Å². The molecule has 0 spiro atoms. The maximum absolute atomic E-state index is 12.1. The molecule has 0 amide bonds. The molecule has 1 aliphatic rings. The normalized spacial score (nSPS) is 15.0. The third kappa shape index (κ3) is 5.38. The molecule has 4 aromatic heterocycles. The Kier molecular flexibility index (Phi) is 7.75. The number of fused-ring (bicyclic) bond motifs is 1. The van der Waals surface area contributed by atoms with Crippen molar-refractivity contribution in [2.75, 3.05) is 32.6 Å². The van der Waals surface area contributed by atoms with Crippen molar-refractivity contribution in [3.63, 3.8) is 0 Å². The van der Waals surface area contributed by atoms with Gasteiger partial charge in [-0.15, -0.1) is 0 Å². The Hall–Kier alpha value is -3.97. The molecule has 0 aliphatic carbocycles. The minimum atomic E-state index is -3.28. The van der Waals surface area contributed by atoms with Gasteiger partial charge >= 0.3 is 5.97 Å². The second-order valence-corrected chi connectivity index (χ2v) is 12.0. The minimum absolute atomic E-state index is 0.0148. The number of carboxylic acids is 1. The lowest BCUT2D eigenvalue weighted by atomic mass is 10.0. The molecule has 41 heavy (non-hydrogen) atoms. The number of ether oxygens (including phenoxy) is 2. The number of rotatable bonds is 9. The van der Waals surface area contributed by atoms with Crippen LogP contribution in [0.15, 0.2) is 29.0 Å². The SMILES string of the molecule is CCOc1cc(C(=O)O)nc(OCC)c1-c1cn(C2CCN(S(C)(=O)=O)CC2)c2ncc(-c3c(C)noc3C)cc12. The van der Waals surface area contributed by atoms with Crippen LogP contribution in [0.2, 0.25) is 0 Å². The van der Waals surface area contributed by atoms with E-state index in [-0.39, 0.29) is 24.2 Å². The second kappa shape index (κ2) is 11.1. The zero-order valence-electron chi connectivity index (χ0n) is 23.7. The highest BCUT2D eigenvalue weighted by Crippen LogP contribution is 2.44. The monoisotopic (exact) mass is 583 g/mol. The summed E-state index contributed by atoms with van der Waals surface area (Å²) in [4.78, 5) is 21.1. The molecule has 4 aromatic rings. The first-order chi connectivity index (χ1) is 19.5. The Bertz CT molecular complexity index is 1670. The largest absolute Gasteiger partial charge is 0.493 e. The highest BCUT2D eigenvalue weighted by Gasteiger charge is 2.30. The number of hydrogen-bond donors (Lipinski definition) is 1. The zero-order chi connectivity index (χ0) is 29.5. The molecule has 5 rings (SSSR count). The van der Waals surface area contributed by atoms with Crippen LogP contribution in [0.3, 0.4) is 0 Å². The lowest BCUT2D eigenvalue weighted by Crippen LogP contribution is -2.38. The maximum Gasteiger partial charge on any atom is 0.354 e. The molecule has 0 saturated carbocycles. The molecule has 5 heterocycles. The highest BCUT2D eigenvalue weighted by molar-refractivity contribution is 7.88. The van der Waals surface area contributed by atoms with E-state index in [1.165, 1.54) is 16.6 Å². The summed E-state index contributed by atoms with van der Waals surface area (Å²) in [6.45, 7) is 8.70. The number of aromatic nitrogens is 4. The van der Waals surface area contributed by atoms with Crippen molar-refractivity contribution >= 4 is 27.0 Å². The molecule has 0 bridgehead atoms. The van der Waals surface area contributed by atoms with Gasteiger partial charge in [-0.05, 0) is 46.6 Å². The molecule has 1 N–H and O–H groups in total. The Morgan fingerprint density at radius 2 is 1.83 bits per heavy atom. The molecule has 0 atom stereocenters. The van der Waals surface area contributed by atoms with Gasteiger partial charge in [-0.2, -0.15) is 0 Å². The first kappa shape index (κ1) is 28.6. The van der Waals surface area contributed by atoms with Crippen molar-refractivity contribution in [1.29, 1.82) is 0 Å². The molecule has 0 unspecified atom stereocenters. The third-order valence-corrected chi connectivity index (χ3v) is 8.60. The molecule has 218 valence electrons. The number of pyridine rings is 2. The fourth-order valence-corrected chi connectivity index (χ4v) is 6.33. The highest BCUT2D eigenvalue weighted by atomic mass is 32.2. The molecule has 1 saturated heterocycles. The van der Waals surface area contributed by atoms with E-state index in [0.717, 1.165) is 22.2 Å². The first-order valence-corrected chi connectivity index (χ1v) is 15.3. The second-order valence-electron chi connectivity index (χ2n) is 9.99. The number of sulfonamides is 1. The smallest absolute Gasteiger partial charge is 0.354 e. The molecule has 13 heteroatoms. The average molecular weight is 584 g/mol. The number of piperidine rings is 1. The Morgan fingerprint density at radius 1 is 1.12 bits per heavy atom. The van der Waals surface area contributed by atoms with Crippen molar-refractivity contribution in [3.05, 3.63) is 41.7 Å². The fraction of sp³-hybridized carbons (Fsp3) is 0.429. The van der Waals surface area contributed by atoms with Crippen LogP contribution >= 0.6 is 0 Å². The number of aryl methyl sites for hydroxylation is 2. The Labute approximate surface area is 237 Å². The predicted octanol–water partition coefficient (Wildman–Crippen LogP) is 4.46. The summed E-state index contributed by atoms with van der Waals surface area (Å²) in [5.74, 6) is -0.0577. The predicted molar refractivity (Wildman–Crippen MR) is 152 cm³/mol. The summed E-state index contributed by atoms with van der Waals surface area (Å²) in [5, 5.41) is 14.6. The standard InChI is InChI=1S/C28H33N5O7S/c1-6-38-23-13-22(28(34)35)30-27(39-7-2)25(23)21-15-33(19-8-10-32(11-9-19)41(5,36)37)26-20(21)12-18(14-29-26)24-16(3)31-40-17(24)4/h12-15,19H,6-11H2,1-5H3,(H,34,35). The van der Waals surface area contributed by atoms with Crippen LogP contribution in [0.1, 0.15) is 54.7 Å². The summed E-state index contributed by atoms with van der Waals surface area (Å²) in [7, 11) is -3.28. The quantitative estimate of drug-likeness (QED) is 0.299. The van der Waals surface area contributed by atoms with E-state index in [1.54, 1.807) is 13.1 Å². The Balaban J connectivity index is 1.75. The summed E-state index contributed by atoms with van der Waals surface area (Å²) in [6, 6.07) is 3.39. The molecule has 1 fully saturated rings. The van der Waals surface area contributed by atoms with Crippen LogP contribution in [-0.2, 0) is 10.0 Å². The molecule has 0 aromatic carbocycles. The molecule has 0 radical (unpaired) electrons. The number of hydrogen-bond acceptors (Lipinski definition) is 9. The van der Waals surface area contributed by atoms with Crippen molar-refractivity contribution in [2.24, 2.45) is 0 Å². The number of aromatic carboxylic acids is 1. The van der Waals surface area contributed by atoms with Gasteiger partial charge in [0.25, 0.3) is 0 Å². The number of nitrogens with zero attached hydrogens (tertiary/aromatic N) is 5. The first-order valence-electron chi connectivity index (χ1n) is 13.5.